The minimum absolute atomic E-state index is 0.239. The van der Waals surface area contributed by atoms with E-state index in [1.165, 1.54) is 0 Å². The van der Waals surface area contributed by atoms with Gasteiger partial charge in [-0.25, -0.2) is 0 Å². The van der Waals surface area contributed by atoms with Gasteiger partial charge in [0.05, 0.1) is 12.7 Å². The van der Waals surface area contributed by atoms with Gasteiger partial charge in [-0.15, -0.1) is 0 Å². The Morgan fingerprint density at radius 3 is 2.56 bits per heavy atom. The van der Waals surface area contributed by atoms with Crippen LogP contribution in [0.4, 0.5) is 13.2 Å². The van der Waals surface area contributed by atoms with Crippen molar-refractivity contribution in [2.75, 3.05) is 26.2 Å². The molecule has 0 aromatic rings. The van der Waals surface area contributed by atoms with Crippen molar-refractivity contribution < 1.29 is 27.8 Å². The van der Waals surface area contributed by atoms with E-state index in [1.54, 1.807) is 0 Å². The number of amides is 1. The van der Waals surface area contributed by atoms with Gasteiger partial charge in [-0.05, 0) is 12.8 Å². The Morgan fingerprint density at radius 2 is 2.11 bits per heavy atom. The van der Waals surface area contributed by atoms with Crippen molar-refractivity contribution in [3.05, 3.63) is 0 Å². The fraction of sp³-hybridized carbons (Fsp3) is 0.900. The number of hydrogen-bond acceptors (Lipinski definition) is 4. The molecule has 18 heavy (non-hydrogen) atoms. The normalized spacial score (nSPS) is 24.3. The number of rotatable bonds is 5. The lowest BCUT2D eigenvalue weighted by Crippen LogP contribution is -2.45. The second-order valence-electron chi connectivity index (χ2n) is 4.16. The highest BCUT2D eigenvalue weighted by Gasteiger charge is 2.38. The molecule has 0 aromatic carbocycles. The number of aliphatic hydroxyl groups is 1. The summed E-state index contributed by atoms with van der Waals surface area (Å²) in [7, 11) is 0. The van der Waals surface area contributed by atoms with E-state index in [1.807, 2.05) is 0 Å². The van der Waals surface area contributed by atoms with E-state index in [-0.39, 0.29) is 19.2 Å². The lowest BCUT2D eigenvalue weighted by Gasteiger charge is -2.25. The van der Waals surface area contributed by atoms with Gasteiger partial charge in [-0.2, -0.15) is 13.2 Å². The molecule has 1 rings (SSSR count). The maximum Gasteiger partial charge on any atom is 0.406 e. The van der Waals surface area contributed by atoms with Crippen LogP contribution in [0.1, 0.15) is 12.8 Å². The average Bonchev–Trinajstić information content (AvgIpc) is 2.74. The molecular formula is C10H17F3N2O3. The van der Waals surface area contributed by atoms with Crippen molar-refractivity contribution in [3.8, 4) is 0 Å². The van der Waals surface area contributed by atoms with E-state index in [9.17, 15) is 18.0 Å². The van der Waals surface area contributed by atoms with Gasteiger partial charge in [0, 0.05) is 13.1 Å². The topological polar surface area (TPSA) is 75.8 Å². The second kappa shape index (κ2) is 6.35. The number of nitrogens with zero attached hydrogens (tertiary/aromatic N) is 1. The lowest BCUT2D eigenvalue weighted by molar-refractivity contribution is -0.168. The predicted octanol–water partition coefficient (Wildman–Crippen LogP) is -0.124. The highest BCUT2D eigenvalue weighted by atomic mass is 19.4. The van der Waals surface area contributed by atoms with Crippen LogP contribution in [0.5, 0.6) is 0 Å². The second-order valence-corrected chi connectivity index (χ2v) is 4.16. The molecule has 0 spiro atoms. The number of ether oxygens (including phenoxy) is 1. The number of carbonyl (C=O) groups is 1. The standard InChI is InChI=1S/C10H17F3N2O3/c11-10(12,13)6-15(3-4-16)9(17)8-2-1-7(5-14)18-8/h7-8,16H,1-6,14H2. The summed E-state index contributed by atoms with van der Waals surface area (Å²) in [6.07, 6.45) is -4.73. The van der Waals surface area contributed by atoms with Crippen LogP contribution in [0.2, 0.25) is 0 Å². The quantitative estimate of drug-likeness (QED) is 0.730. The summed E-state index contributed by atoms with van der Waals surface area (Å²) in [5.41, 5.74) is 5.36. The number of alkyl halides is 3. The van der Waals surface area contributed by atoms with Crippen molar-refractivity contribution in [1.29, 1.82) is 0 Å². The van der Waals surface area contributed by atoms with Crippen LogP contribution in [0.25, 0.3) is 0 Å². The molecule has 1 fully saturated rings. The Labute approximate surface area is 103 Å². The Morgan fingerprint density at radius 1 is 1.44 bits per heavy atom. The molecule has 1 aliphatic rings. The fourth-order valence-electron chi connectivity index (χ4n) is 1.87. The average molecular weight is 270 g/mol. The highest BCUT2D eigenvalue weighted by Crippen LogP contribution is 2.23. The van der Waals surface area contributed by atoms with Crippen LogP contribution in [-0.2, 0) is 9.53 Å². The zero-order valence-electron chi connectivity index (χ0n) is 9.82. The van der Waals surface area contributed by atoms with Crippen molar-refractivity contribution in [1.82, 2.24) is 4.90 Å². The van der Waals surface area contributed by atoms with E-state index >= 15 is 0 Å². The summed E-state index contributed by atoms with van der Waals surface area (Å²) >= 11 is 0. The van der Waals surface area contributed by atoms with Crippen LogP contribution < -0.4 is 5.73 Å². The Balaban J connectivity index is 2.60. The van der Waals surface area contributed by atoms with Gasteiger partial charge in [-0.3, -0.25) is 4.79 Å². The number of halogens is 3. The number of aliphatic hydroxyl groups excluding tert-OH is 1. The molecule has 2 unspecified atom stereocenters. The number of carbonyl (C=O) groups excluding carboxylic acids is 1. The van der Waals surface area contributed by atoms with Crippen LogP contribution in [0, 0.1) is 0 Å². The maximum atomic E-state index is 12.3. The van der Waals surface area contributed by atoms with Crippen LogP contribution in [0.15, 0.2) is 0 Å². The zero-order chi connectivity index (χ0) is 13.8. The summed E-state index contributed by atoms with van der Waals surface area (Å²) in [6.45, 7) is -2.01. The Kier molecular flexibility index (Phi) is 5.36. The molecule has 1 saturated heterocycles. The first-order chi connectivity index (χ1) is 8.37. The molecule has 3 N–H and O–H groups in total. The summed E-state index contributed by atoms with van der Waals surface area (Å²) in [5, 5.41) is 8.70. The molecule has 0 aliphatic carbocycles. The lowest BCUT2D eigenvalue weighted by atomic mass is 10.2. The first-order valence-corrected chi connectivity index (χ1v) is 5.69. The molecule has 0 bridgehead atoms. The van der Waals surface area contributed by atoms with Crippen LogP contribution in [-0.4, -0.2) is 60.5 Å². The molecule has 2 atom stereocenters. The summed E-state index contributed by atoms with van der Waals surface area (Å²) < 4.78 is 42.1. The van der Waals surface area contributed by atoms with E-state index in [4.69, 9.17) is 15.6 Å². The first-order valence-electron chi connectivity index (χ1n) is 5.69. The molecule has 1 aliphatic heterocycles. The largest absolute Gasteiger partial charge is 0.406 e. The third-order valence-corrected chi connectivity index (χ3v) is 2.70. The minimum Gasteiger partial charge on any atom is -0.395 e. The van der Waals surface area contributed by atoms with E-state index < -0.39 is 31.3 Å². The smallest absolute Gasteiger partial charge is 0.395 e. The van der Waals surface area contributed by atoms with E-state index in [0.29, 0.717) is 17.7 Å². The SMILES string of the molecule is NCC1CCC(C(=O)N(CCO)CC(F)(F)F)O1. The van der Waals surface area contributed by atoms with Crippen molar-refractivity contribution >= 4 is 5.91 Å². The predicted molar refractivity (Wildman–Crippen MR) is 56.7 cm³/mol. The zero-order valence-corrected chi connectivity index (χ0v) is 9.82. The van der Waals surface area contributed by atoms with E-state index in [2.05, 4.69) is 0 Å². The molecule has 0 aromatic heterocycles. The van der Waals surface area contributed by atoms with Gasteiger partial charge in [0.15, 0.2) is 0 Å². The molecule has 8 heteroatoms. The maximum absolute atomic E-state index is 12.3. The van der Waals surface area contributed by atoms with Gasteiger partial charge in [0.2, 0.25) is 0 Å². The molecule has 1 heterocycles. The third kappa shape index (κ3) is 4.43. The minimum atomic E-state index is -4.49. The van der Waals surface area contributed by atoms with Gasteiger partial charge in [0.1, 0.15) is 12.6 Å². The van der Waals surface area contributed by atoms with Crippen molar-refractivity contribution in [2.45, 2.75) is 31.2 Å². The van der Waals surface area contributed by atoms with Crippen molar-refractivity contribution in [2.24, 2.45) is 5.73 Å². The molecule has 5 nitrogen and oxygen atoms in total. The summed E-state index contributed by atoms with van der Waals surface area (Å²) in [6, 6.07) is 0. The first kappa shape index (κ1) is 15.2. The van der Waals surface area contributed by atoms with Crippen LogP contribution in [0.3, 0.4) is 0 Å². The monoisotopic (exact) mass is 270 g/mol. The number of hydrogen-bond donors (Lipinski definition) is 2. The molecule has 106 valence electrons. The van der Waals surface area contributed by atoms with Gasteiger partial charge in [-0.1, -0.05) is 0 Å². The Hall–Kier alpha value is -0.860. The molecule has 0 saturated carbocycles. The third-order valence-electron chi connectivity index (χ3n) is 2.70. The highest BCUT2D eigenvalue weighted by molar-refractivity contribution is 5.81. The van der Waals surface area contributed by atoms with E-state index in [0.717, 1.165) is 0 Å². The Bertz CT molecular complexity index is 286. The number of nitrogens with two attached hydrogens (primary N) is 1. The summed E-state index contributed by atoms with van der Waals surface area (Å²) in [5.74, 6) is -0.739. The molecule has 1 amide bonds. The van der Waals surface area contributed by atoms with Crippen LogP contribution >= 0.6 is 0 Å². The molecule has 0 radical (unpaired) electrons. The fourth-order valence-corrected chi connectivity index (χ4v) is 1.87. The summed E-state index contributed by atoms with van der Waals surface area (Å²) in [4.78, 5) is 12.4. The molecular weight excluding hydrogens is 253 g/mol. The van der Waals surface area contributed by atoms with Gasteiger partial charge < -0.3 is 20.5 Å². The van der Waals surface area contributed by atoms with Gasteiger partial charge >= 0.3 is 6.18 Å². The van der Waals surface area contributed by atoms with Crippen molar-refractivity contribution in [3.63, 3.8) is 0 Å². The van der Waals surface area contributed by atoms with Gasteiger partial charge in [0.25, 0.3) is 5.91 Å².